The van der Waals surface area contributed by atoms with E-state index in [0.717, 1.165) is 0 Å². The van der Waals surface area contributed by atoms with Crippen molar-refractivity contribution in [2.45, 2.75) is 6.92 Å². The second-order valence-corrected chi connectivity index (χ2v) is 4.02. The third-order valence-corrected chi connectivity index (χ3v) is 2.52. The number of rotatable bonds is 9. The summed E-state index contributed by atoms with van der Waals surface area (Å²) in [7, 11) is 3.20. The molecule has 1 aromatic rings. The summed E-state index contributed by atoms with van der Waals surface area (Å²) in [6.45, 7) is 3.87. The lowest BCUT2D eigenvalue weighted by atomic mass is 10.2. The van der Waals surface area contributed by atoms with Crippen LogP contribution in [0.5, 0.6) is 11.5 Å². The van der Waals surface area contributed by atoms with Crippen LogP contribution in [-0.4, -0.2) is 46.4 Å². The van der Waals surface area contributed by atoms with E-state index in [1.807, 2.05) is 6.92 Å². The molecule has 0 heterocycles. The van der Waals surface area contributed by atoms with E-state index in [1.165, 1.54) is 0 Å². The van der Waals surface area contributed by atoms with Gasteiger partial charge in [0.25, 0.3) is 0 Å². The highest BCUT2D eigenvalue weighted by atomic mass is 35.5. The summed E-state index contributed by atoms with van der Waals surface area (Å²) in [5.41, 5.74) is 0.674. The van der Waals surface area contributed by atoms with Gasteiger partial charge in [-0.15, -0.1) is 12.4 Å². The van der Waals surface area contributed by atoms with Gasteiger partial charge >= 0.3 is 0 Å². The molecule has 0 spiro atoms. The van der Waals surface area contributed by atoms with Crippen molar-refractivity contribution in [1.82, 2.24) is 5.32 Å². The highest BCUT2D eigenvalue weighted by Gasteiger charge is 2.07. The molecule has 1 aromatic carbocycles. The first-order valence-corrected chi connectivity index (χ1v) is 6.51. The Morgan fingerprint density at radius 2 is 2.00 bits per heavy atom. The van der Waals surface area contributed by atoms with Gasteiger partial charge in [0.15, 0.2) is 11.5 Å². The number of anilines is 1. The van der Waals surface area contributed by atoms with Crippen LogP contribution in [0.15, 0.2) is 18.2 Å². The molecule has 0 saturated carbocycles. The Kier molecular flexibility index (Phi) is 10.4. The molecule has 0 saturated heterocycles. The summed E-state index contributed by atoms with van der Waals surface area (Å²) in [4.78, 5) is 11.7. The van der Waals surface area contributed by atoms with Crippen LogP contribution in [0.3, 0.4) is 0 Å². The van der Waals surface area contributed by atoms with Crippen LogP contribution >= 0.6 is 12.4 Å². The van der Waals surface area contributed by atoms with E-state index in [2.05, 4.69) is 10.6 Å². The molecule has 0 aromatic heterocycles. The highest BCUT2D eigenvalue weighted by molar-refractivity contribution is 5.92. The molecule has 6 nitrogen and oxygen atoms in total. The van der Waals surface area contributed by atoms with Crippen molar-refractivity contribution >= 4 is 24.0 Å². The lowest BCUT2D eigenvalue weighted by molar-refractivity contribution is -0.115. The molecule has 7 heteroatoms. The van der Waals surface area contributed by atoms with Crippen molar-refractivity contribution in [3.8, 4) is 11.5 Å². The highest BCUT2D eigenvalue weighted by Crippen LogP contribution is 2.30. The van der Waals surface area contributed by atoms with Gasteiger partial charge in [0.2, 0.25) is 5.91 Å². The molecule has 0 aliphatic carbocycles. The third kappa shape index (κ3) is 7.17. The normalized spacial score (nSPS) is 9.67. The van der Waals surface area contributed by atoms with Gasteiger partial charge in [-0.2, -0.15) is 0 Å². The molecule has 0 aliphatic rings. The zero-order chi connectivity index (χ0) is 14.8. The Labute approximate surface area is 131 Å². The molecule has 0 aliphatic heterocycles. The van der Waals surface area contributed by atoms with Crippen LogP contribution in [0.1, 0.15) is 6.92 Å². The standard InChI is InChI=1S/C14H22N2O4.ClH/c1-4-20-13-9-11(5-6-12(13)19-3)16-14(17)10-15-7-8-18-2;/h5-6,9,15H,4,7-8,10H2,1-3H3,(H,16,17);1H. The fraction of sp³-hybridized carbons (Fsp3) is 0.500. The maximum absolute atomic E-state index is 11.7. The largest absolute Gasteiger partial charge is 0.493 e. The topological polar surface area (TPSA) is 68.8 Å². The first kappa shape index (κ1) is 19.5. The molecule has 120 valence electrons. The summed E-state index contributed by atoms with van der Waals surface area (Å²) < 4.78 is 15.5. The Hall–Kier alpha value is -1.50. The first-order valence-electron chi connectivity index (χ1n) is 6.51. The fourth-order valence-electron chi connectivity index (χ4n) is 1.60. The number of nitrogens with one attached hydrogen (secondary N) is 2. The minimum Gasteiger partial charge on any atom is -0.493 e. The van der Waals surface area contributed by atoms with Crippen LogP contribution in [0.4, 0.5) is 5.69 Å². The molecule has 0 fully saturated rings. The molecule has 21 heavy (non-hydrogen) atoms. The minimum absolute atomic E-state index is 0. The average molecular weight is 319 g/mol. The average Bonchev–Trinajstić information content (AvgIpc) is 2.44. The second-order valence-electron chi connectivity index (χ2n) is 4.02. The Bertz CT molecular complexity index is 429. The molecule has 0 unspecified atom stereocenters. The molecule has 0 atom stereocenters. The van der Waals surface area contributed by atoms with Crippen molar-refractivity contribution in [2.75, 3.05) is 45.8 Å². The summed E-state index contributed by atoms with van der Waals surface area (Å²) in [6.07, 6.45) is 0. The van der Waals surface area contributed by atoms with Gasteiger partial charge in [0.1, 0.15) is 0 Å². The molecular weight excluding hydrogens is 296 g/mol. The summed E-state index contributed by atoms with van der Waals surface area (Å²) in [5.74, 6) is 1.14. The molecule has 0 radical (unpaired) electrons. The van der Waals surface area contributed by atoms with Crippen LogP contribution in [-0.2, 0) is 9.53 Å². The van der Waals surface area contributed by atoms with Crippen molar-refractivity contribution in [3.63, 3.8) is 0 Å². The molecule has 1 amide bonds. The van der Waals surface area contributed by atoms with Crippen molar-refractivity contribution < 1.29 is 19.0 Å². The van der Waals surface area contributed by atoms with Gasteiger partial charge in [0, 0.05) is 25.4 Å². The predicted octanol–water partition coefficient (Wildman–Crippen LogP) is 1.69. The summed E-state index contributed by atoms with van der Waals surface area (Å²) in [5, 5.41) is 5.77. The Morgan fingerprint density at radius 1 is 1.24 bits per heavy atom. The van der Waals surface area contributed by atoms with Gasteiger partial charge in [-0.1, -0.05) is 0 Å². The Morgan fingerprint density at radius 3 is 2.62 bits per heavy atom. The number of carbonyl (C=O) groups excluding carboxylic acids is 1. The van der Waals surface area contributed by atoms with Crippen LogP contribution in [0.25, 0.3) is 0 Å². The van der Waals surface area contributed by atoms with Crippen molar-refractivity contribution in [1.29, 1.82) is 0 Å². The fourth-order valence-corrected chi connectivity index (χ4v) is 1.60. The van der Waals surface area contributed by atoms with Crippen LogP contribution in [0.2, 0.25) is 0 Å². The molecule has 2 N–H and O–H groups in total. The van der Waals surface area contributed by atoms with Crippen LogP contribution in [0, 0.1) is 0 Å². The van der Waals surface area contributed by atoms with E-state index >= 15 is 0 Å². The maximum atomic E-state index is 11.7. The molecule has 0 bridgehead atoms. The minimum atomic E-state index is -0.117. The van der Waals surface area contributed by atoms with Gasteiger partial charge in [0.05, 0.1) is 26.9 Å². The number of methoxy groups -OCH3 is 2. The second kappa shape index (κ2) is 11.2. The van der Waals surface area contributed by atoms with Crippen molar-refractivity contribution in [2.24, 2.45) is 0 Å². The zero-order valence-electron chi connectivity index (χ0n) is 12.6. The first-order chi connectivity index (χ1) is 9.71. The number of carbonyl (C=O) groups is 1. The Balaban J connectivity index is 0.00000400. The number of hydrogen-bond acceptors (Lipinski definition) is 5. The smallest absolute Gasteiger partial charge is 0.238 e. The number of amides is 1. The predicted molar refractivity (Wildman–Crippen MR) is 84.8 cm³/mol. The maximum Gasteiger partial charge on any atom is 0.238 e. The van der Waals surface area contributed by atoms with E-state index in [9.17, 15) is 4.79 Å². The summed E-state index contributed by atoms with van der Waals surface area (Å²) in [6, 6.07) is 5.28. The van der Waals surface area contributed by atoms with E-state index < -0.39 is 0 Å². The van der Waals surface area contributed by atoms with E-state index in [4.69, 9.17) is 14.2 Å². The third-order valence-electron chi connectivity index (χ3n) is 2.52. The number of ether oxygens (including phenoxy) is 3. The van der Waals surface area contributed by atoms with Gasteiger partial charge in [-0.25, -0.2) is 0 Å². The SMILES string of the molecule is CCOc1cc(NC(=O)CNCCOC)ccc1OC.Cl. The monoisotopic (exact) mass is 318 g/mol. The summed E-state index contributed by atoms with van der Waals surface area (Å²) >= 11 is 0. The lowest BCUT2D eigenvalue weighted by Crippen LogP contribution is -2.30. The van der Waals surface area contributed by atoms with Crippen LogP contribution < -0.4 is 20.1 Å². The molecule has 1 rings (SSSR count). The van der Waals surface area contributed by atoms with Crippen molar-refractivity contribution in [3.05, 3.63) is 18.2 Å². The van der Waals surface area contributed by atoms with Gasteiger partial charge < -0.3 is 24.8 Å². The van der Waals surface area contributed by atoms with E-state index in [1.54, 1.807) is 32.4 Å². The molecular formula is C14H23ClN2O4. The zero-order valence-corrected chi connectivity index (χ0v) is 13.4. The lowest BCUT2D eigenvalue weighted by Gasteiger charge is -2.12. The van der Waals surface area contributed by atoms with E-state index in [-0.39, 0.29) is 24.9 Å². The quantitative estimate of drug-likeness (QED) is 0.678. The number of hydrogen-bond donors (Lipinski definition) is 2. The number of halogens is 1. The van der Waals surface area contributed by atoms with Gasteiger partial charge in [-0.3, -0.25) is 4.79 Å². The number of benzene rings is 1. The van der Waals surface area contributed by atoms with Gasteiger partial charge in [-0.05, 0) is 19.1 Å². The van der Waals surface area contributed by atoms with E-state index in [0.29, 0.717) is 36.9 Å².